The molecule has 0 unspecified atom stereocenters. The van der Waals surface area contributed by atoms with Crippen LogP contribution in [0.4, 0.5) is 0 Å². The van der Waals surface area contributed by atoms with E-state index in [-0.39, 0.29) is 6.61 Å². The molecule has 0 spiro atoms. The van der Waals surface area contributed by atoms with Crippen molar-refractivity contribution in [1.82, 2.24) is 0 Å². The second-order valence-electron chi connectivity index (χ2n) is 6.32. The van der Waals surface area contributed by atoms with E-state index in [9.17, 15) is 9.90 Å². The average molecular weight is 320 g/mol. The monoisotopic (exact) mass is 320 g/mol. The van der Waals surface area contributed by atoms with E-state index in [1.807, 2.05) is 48.5 Å². The summed E-state index contributed by atoms with van der Waals surface area (Å²) in [5.74, 6) is -0.449. The summed E-state index contributed by atoms with van der Waals surface area (Å²) < 4.78 is 5.30. The molecule has 3 aromatic carbocycles. The first-order valence-electron chi connectivity index (χ1n) is 7.88. The van der Waals surface area contributed by atoms with Crippen LogP contribution in [0.5, 0.6) is 0 Å². The van der Waals surface area contributed by atoms with Gasteiger partial charge < -0.3 is 9.84 Å². The Bertz CT molecular complexity index is 876. The van der Waals surface area contributed by atoms with Gasteiger partial charge in [-0.15, -0.1) is 0 Å². The minimum absolute atomic E-state index is 0.165. The predicted octanol–water partition coefficient (Wildman–Crippen LogP) is 4.45. The quantitative estimate of drug-likeness (QED) is 0.439. The fraction of sp³-hybridized carbons (Fsp3) is 0.190. The molecule has 0 amide bonds. The molecule has 0 bridgehead atoms. The lowest BCUT2D eigenvalue weighted by Gasteiger charge is -2.24. The maximum Gasteiger partial charge on any atom is 0.330 e. The Morgan fingerprint density at radius 3 is 1.92 bits per heavy atom. The molecule has 0 atom stereocenters. The molecular weight excluding hydrogens is 300 g/mol. The Labute approximate surface area is 141 Å². The molecule has 0 saturated carbocycles. The van der Waals surface area contributed by atoms with Gasteiger partial charge in [0.25, 0.3) is 0 Å². The second kappa shape index (κ2) is 6.10. The number of fused-ring (bicyclic) bond motifs is 2. The summed E-state index contributed by atoms with van der Waals surface area (Å²) in [6, 6.07) is 15.8. The lowest BCUT2D eigenvalue weighted by molar-refractivity contribution is -0.138. The van der Waals surface area contributed by atoms with Crippen molar-refractivity contribution in [2.45, 2.75) is 26.1 Å². The van der Waals surface area contributed by atoms with Gasteiger partial charge in [0.2, 0.25) is 0 Å². The Hall–Kier alpha value is -2.65. The van der Waals surface area contributed by atoms with Crippen LogP contribution in [0, 0.1) is 0 Å². The molecular formula is C21H20O3. The fourth-order valence-electron chi connectivity index (χ4n) is 3.24. The van der Waals surface area contributed by atoms with Crippen LogP contribution < -0.4 is 0 Å². The molecule has 0 aliphatic carbocycles. The van der Waals surface area contributed by atoms with Crippen LogP contribution in [0.1, 0.15) is 25.0 Å². The maximum atomic E-state index is 11.5. The molecule has 0 aromatic heterocycles. The third kappa shape index (κ3) is 2.79. The predicted molar refractivity (Wildman–Crippen MR) is 96.7 cm³/mol. The highest BCUT2D eigenvalue weighted by Crippen LogP contribution is 2.38. The van der Waals surface area contributed by atoms with E-state index in [1.165, 1.54) is 0 Å². The van der Waals surface area contributed by atoms with E-state index in [2.05, 4.69) is 6.58 Å². The molecule has 3 heteroatoms. The van der Waals surface area contributed by atoms with E-state index >= 15 is 0 Å². The summed E-state index contributed by atoms with van der Waals surface area (Å²) >= 11 is 0. The van der Waals surface area contributed by atoms with Crippen LogP contribution in [-0.4, -0.2) is 11.1 Å². The maximum absolute atomic E-state index is 11.5. The molecule has 24 heavy (non-hydrogen) atoms. The van der Waals surface area contributed by atoms with Crippen molar-refractivity contribution in [2.24, 2.45) is 0 Å². The molecule has 1 N–H and O–H groups in total. The molecule has 0 radical (unpaired) electrons. The van der Waals surface area contributed by atoms with E-state index in [1.54, 1.807) is 13.8 Å². The van der Waals surface area contributed by atoms with Crippen LogP contribution in [-0.2, 0) is 21.7 Å². The van der Waals surface area contributed by atoms with Crippen molar-refractivity contribution in [3.63, 3.8) is 0 Å². The number of hydrogen-bond acceptors (Lipinski definition) is 3. The van der Waals surface area contributed by atoms with E-state index in [0.29, 0.717) is 0 Å². The molecule has 0 saturated heterocycles. The Kier molecular flexibility index (Phi) is 4.12. The summed E-state index contributed by atoms with van der Waals surface area (Å²) in [5, 5.41) is 14.6. The number of hydrogen-bond donors (Lipinski definition) is 1. The van der Waals surface area contributed by atoms with E-state index in [4.69, 9.17) is 4.74 Å². The van der Waals surface area contributed by atoms with Gasteiger partial charge in [-0.1, -0.05) is 55.1 Å². The molecule has 3 nitrogen and oxygen atoms in total. The SMILES string of the molecule is C=CC(=O)OCc1c2ccccc2c(C(C)(C)O)c2ccccc12. The van der Waals surface area contributed by atoms with E-state index < -0.39 is 11.6 Å². The van der Waals surface area contributed by atoms with Gasteiger partial charge in [0, 0.05) is 11.6 Å². The average Bonchev–Trinajstić information content (AvgIpc) is 2.57. The number of benzene rings is 3. The van der Waals surface area contributed by atoms with Crippen LogP contribution in [0.15, 0.2) is 61.2 Å². The molecule has 0 heterocycles. The van der Waals surface area contributed by atoms with Crippen molar-refractivity contribution in [3.8, 4) is 0 Å². The van der Waals surface area contributed by atoms with Gasteiger partial charge in [-0.2, -0.15) is 0 Å². The molecule has 0 aliphatic heterocycles. The van der Waals surface area contributed by atoms with Crippen LogP contribution in [0.3, 0.4) is 0 Å². The van der Waals surface area contributed by atoms with Gasteiger partial charge in [-0.25, -0.2) is 4.79 Å². The van der Waals surface area contributed by atoms with E-state index in [0.717, 1.165) is 38.7 Å². The van der Waals surface area contributed by atoms with Crippen LogP contribution >= 0.6 is 0 Å². The number of aliphatic hydroxyl groups is 1. The second-order valence-corrected chi connectivity index (χ2v) is 6.32. The van der Waals surface area contributed by atoms with Gasteiger partial charge in [-0.3, -0.25) is 0 Å². The van der Waals surface area contributed by atoms with Gasteiger partial charge in [-0.05, 0) is 41.0 Å². The zero-order valence-corrected chi connectivity index (χ0v) is 13.9. The number of esters is 1. The van der Waals surface area contributed by atoms with Gasteiger partial charge >= 0.3 is 5.97 Å². The highest BCUT2D eigenvalue weighted by atomic mass is 16.5. The first kappa shape index (κ1) is 16.2. The Balaban J connectivity index is 2.38. The number of ether oxygens (including phenoxy) is 1. The summed E-state index contributed by atoms with van der Waals surface area (Å²) in [6.45, 7) is 7.18. The normalized spacial score (nSPS) is 11.6. The van der Waals surface area contributed by atoms with Crippen LogP contribution in [0.2, 0.25) is 0 Å². The van der Waals surface area contributed by atoms with Crippen molar-refractivity contribution in [3.05, 3.63) is 72.3 Å². The largest absolute Gasteiger partial charge is 0.458 e. The van der Waals surface area contributed by atoms with Crippen molar-refractivity contribution in [1.29, 1.82) is 0 Å². The summed E-state index contributed by atoms with van der Waals surface area (Å²) in [5.41, 5.74) is 0.826. The highest BCUT2D eigenvalue weighted by Gasteiger charge is 2.24. The molecule has 0 aliphatic rings. The lowest BCUT2D eigenvalue weighted by atomic mass is 9.85. The van der Waals surface area contributed by atoms with Crippen molar-refractivity contribution >= 4 is 27.5 Å². The van der Waals surface area contributed by atoms with Crippen molar-refractivity contribution in [2.75, 3.05) is 0 Å². The third-order valence-electron chi connectivity index (χ3n) is 4.18. The van der Waals surface area contributed by atoms with Gasteiger partial charge in [0.05, 0.1) is 5.60 Å². The summed E-state index contributed by atoms with van der Waals surface area (Å²) in [7, 11) is 0. The Morgan fingerprint density at radius 1 is 1.04 bits per heavy atom. The number of carbonyl (C=O) groups is 1. The smallest absolute Gasteiger partial charge is 0.330 e. The number of rotatable bonds is 4. The molecule has 3 aromatic rings. The first-order valence-corrected chi connectivity index (χ1v) is 7.88. The highest BCUT2D eigenvalue weighted by molar-refractivity contribution is 6.06. The van der Waals surface area contributed by atoms with Crippen molar-refractivity contribution < 1.29 is 14.6 Å². The summed E-state index contributed by atoms with van der Waals surface area (Å²) in [6.07, 6.45) is 1.16. The minimum Gasteiger partial charge on any atom is -0.458 e. The number of carbonyl (C=O) groups excluding carboxylic acids is 1. The molecule has 122 valence electrons. The third-order valence-corrected chi connectivity index (χ3v) is 4.18. The topological polar surface area (TPSA) is 46.5 Å². The fourth-order valence-corrected chi connectivity index (χ4v) is 3.24. The Morgan fingerprint density at radius 2 is 1.50 bits per heavy atom. The standard InChI is InChI=1S/C21H20O3/c1-4-19(22)24-13-18-14-9-5-7-11-16(14)20(21(2,3)23)17-12-8-6-10-15(17)18/h4-12,23H,1,13H2,2-3H3. The molecule has 0 fully saturated rings. The zero-order valence-electron chi connectivity index (χ0n) is 13.9. The van der Waals surface area contributed by atoms with Gasteiger partial charge in [0.1, 0.15) is 6.61 Å². The zero-order chi connectivity index (χ0) is 17.3. The minimum atomic E-state index is -0.991. The molecule has 3 rings (SSSR count). The van der Waals surface area contributed by atoms with Crippen LogP contribution in [0.25, 0.3) is 21.5 Å². The van der Waals surface area contributed by atoms with Gasteiger partial charge in [0.15, 0.2) is 0 Å². The lowest BCUT2D eigenvalue weighted by Crippen LogP contribution is -2.17. The first-order chi connectivity index (χ1) is 11.4. The summed E-state index contributed by atoms with van der Waals surface area (Å²) in [4.78, 5) is 11.5.